The minimum Gasteiger partial charge on any atom is -0.468 e. The summed E-state index contributed by atoms with van der Waals surface area (Å²) in [4.78, 5) is 11.8. The van der Waals surface area contributed by atoms with Crippen molar-refractivity contribution in [1.82, 2.24) is 4.72 Å². The standard InChI is InChI=1S/C13H10ClF2NO4S2/c1-21-13(18)12(8-6-7(15)2-3-9(8)16)17-23(19,20)11-5-4-10(14)22-11/h2-6,12,17H,1H3. The molecule has 0 aliphatic carbocycles. The topological polar surface area (TPSA) is 72.5 Å². The van der Waals surface area contributed by atoms with Crippen LogP contribution in [0.4, 0.5) is 8.78 Å². The lowest BCUT2D eigenvalue weighted by Gasteiger charge is -2.17. The predicted molar refractivity (Wildman–Crippen MR) is 80.8 cm³/mol. The number of hydrogen-bond acceptors (Lipinski definition) is 5. The van der Waals surface area contributed by atoms with Crippen LogP contribution < -0.4 is 4.72 Å². The molecule has 2 rings (SSSR count). The van der Waals surface area contributed by atoms with Crippen LogP contribution in [0.25, 0.3) is 0 Å². The molecule has 1 aromatic heterocycles. The number of ether oxygens (including phenoxy) is 1. The summed E-state index contributed by atoms with van der Waals surface area (Å²) in [6, 6.07) is 3.21. The molecule has 0 radical (unpaired) electrons. The fourth-order valence-electron chi connectivity index (χ4n) is 1.75. The maximum atomic E-state index is 13.9. The first kappa shape index (κ1) is 17.8. The number of hydrogen-bond donors (Lipinski definition) is 1. The Hall–Kier alpha value is -1.55. The minimum absolute atomic E-state index is 0.173. The Labute approximate surface area is 139 Å². The maximum Gasteiger partial charge on any atom is 0.328 e. The first-order valence-corrected chi connectivity index (χ1v) is 8.73. The molecule has 0 aliphatic heterocycles. The number of benzene rings is 1. The van der Waals surface area contributed by atoms with E-state index in [1.807, 2.05) is 4.72 Å². The zero-order valence-electron chi connectivity index (χ0n) is 11.5. The number of rotatable bonds is 5. The van der Waals surface area contributed by atoms with Crippen LogP contribution in [-0.2, 0) is 19.6 Å². The van der Waals surface area contributed by atoms with Crippen LogP contribution in [0.1, 0.15) is 11.6 Å². The molecule has 0 fully saturated rings. The van der Waals surface area contributed by atoms with E-state index in [0.29, 0.717) is 0 Å². The minimum atomic E-state index is -4.18. The van der Waals surface area contributed by atoms with E-state index in [0.717, 1.165) is 36.6 Å². The molecule has 10 heteroatoms. The maximum absolute atomic E-state index is 13.9. The molecule has 2 aromatic rings. The van der Waals surface area contributed by atoms with Crippen LogP contribution >= 0.6 is 22.9 Å². The van der Waals surface area contributed by atoms with Gasteiger partial charge in [0.25, 0.3) is 10.0 Å². The number of esters is 1. The largest absolute Gasteiger partial charge is 0.468 e. The lowest BCUT2D eigenvalue weighted by molar-refractivity contribution is -0.142. The Kier molecular flexibility index (Phi) is 5.35. The van der Waals surface area contributed by atoms with Gasteiger partial charge in [-0.25, -0.2) is 22.0 Å². The van der Waals surface area contributed by atoms with E-state index in [1.54, 1.807) is 0 Å². The summed E-state index contributed by atoms with van der Waals surface area (Å²) in [6.45, 7) is 0. The van der Waals surface area contributed by atoms with Crippen LogP contribution in [0.15, 0.2) is 34.5 Å². The number of methoxy groups -OCH3 is 1. The lowest BCUT2D eigenvalue weighted by atomic mass is 10.1. The van der Waals surface area contributed by atoms with Crippen molar-refractivity contribution in [2.24, 2.45) is 0 Å². The highest BCUT2D eigenvalue weighted by Gasteiger charge is 2.31. The molecule has 23 heavy (non-hydrogen) atoms. The van der Waals surface area contributed by atoms with Gasteiger partial charge in [-0.1, -0.05) is 11.6 Å². The highest BCUT2D eigenvalue weighted by atomic mass is 35.5. The van der Waals surface area contributed by atoms with Crippen LogP contribution in [0, 0.1) is 11.6 Å². The summed E-state index contributed by atoms with van der Waals surface area (Å²) >= 11 is 6.43. The Balaban J connectivity index is 2.44. The van der Waals surface area contributed by atoms with Crippen molar-refractivity contribution in [2.45, 2.75) is 10.3 Å². The number of nitrogens with one attached hydrogen (secondary N) is 1. The van der Waals surface area contributed by atoms with Gasteiger partial charge in [-0.2, -0.15) is 4.72 Å². The lowest BCUT2D eigenvalue weighted by Crippen LogP contribution is -2.34. The molecular formula is C13H10ClF2NO4S2. The van der Waals surface area contributed by atoms with E-state index in [-0.39, 0.29) is 8.55 Å². The van der Waals surface area contributed by atoms with Gasteiger partial charge < -0.3 is 4.74 Å². The van der Waals surface area contributed by atoms with Gasteiger partial charge in [0.2, 0.25) is 0 Å². The van der Waals surface area contributed by atoms with E-state index in [9.17, 15) is 22.0 Å². The summed E-state index contributed by atoms with van der Waals surface area (Å²) in [5.74, 6) is -2.86. The molecule has 0 bridgehead atoms. The first-order valence-electron chi connectivity index (χ1n) is 6.05. The zero-order chi connectivity index (χ0) is 17.2. The Morgan fingerprint density at radius 1 is 1.30 bits per heavy atom. The quantitative estimate of drug-likeness (QED) is 0.808. The van der Waals surface area contributed by atoms with Gasteiger partial charge in [-0.15, -0.1) is 11.3 Å². The Morgan fingerprint density at radius 2 is 2.00 bits per heavy atom. The fraction of sp³-hybridized carbons (Fsp3) is 0.154. The van der Waals surface area contributed by atoms with Crippen molar-refractivity contribution in [2.75, 3.05) is 7.11 Å². The second-order valence-corrected chi connectivity index (χ2v) is 7.96. The summed E-state index contributed by atoms with van der Waals surface area (Å²) in [5.41, 5.74) is -0.483. The average Bonchev–Trinajstić information content (AvgIpc) is 2.94. The molecule has 1 unspecified atom stereocenters. The molecule has 0 spiro atoms. The van der Waals surface area contributed by atoms with Gasteiger partial charge in [0.1, 0.15) is 21.9 Å². The monoisotopic (exact) mass is 381 g/mol. The SMILES string of the molecule is COC(=O)C(NS(=O)(=O)c1ccc(Cl)s1)c1cc(F)ccc1F. The van der Waals surface area contributed by atoms with Gasteiger partial charge >= 0.3 is 5.97 Å². The van der Waals surface area contributed by atoms with Gasteiger partial charge in [0, 0.05) is 5.56 Å². The van der Waals surface area contributed by atoms with E-state index in [4.69, 9.17) is 11.6 Å². The van der Waals surface area contributed by atoms with Crippen LogP contribution in [0.5, 0.6) is 0 Å². The van der Waals surface area contributed by atoms with Gasteiger partial charge in [0.05, 0.1) is 11.4 Å². The molecule has 1 aromatic carbocycles. The molecule has 1 N–H and O–H groups in total. The van der Waals surface area contributed by atoms with Crippen LogP contribution in [0.2, 0.25) is 4.34 Å². The van der Waals surface area contributed by atoms with Crippen molar-refractivity contribution in [1.29, 1.82) is 0 Å². The number of thiophene rings is 1. The second-order valence-electron chi connectivity index (χ2n) is 4.30. The third-order valence-electron chi connectivity index (χ3n) is 2.79. The van der Waals surface area contributed by atoms with Crippen LogP contribution in [-0.4, -0.2) is 21.5 Å². The molecule has 1 atom stereocenters. The number of carbonyl (C=O) groups is 1. The fourth-order valence-corrected chi connectivity index (χ4v) is 4.41. The van der Waals surface area contributed by atoms with E-state index < -0.39 is 39.2 Å². The van der Waals surface area contributed by atoms with Crippen molar-refractivity contribution in [3.8, 4) is 0 Å². The summed E-state index contributed by atoms with van der Waals surface area (Å²) in [7, 11) is -3.17. The predicted octanol–water partition coefficient (Wildman–Crippen LogP) is 2.87. The van der Waals surface area contributed by atoms with Crippen molar-refractivity contribution in [3.63, 3.8) is 0 Å². The first-order chi connectivity index (χ1) is 10.7. The van der Waals surface area contributed by atoms with E-state index in [2.05, 4.69) is 4.74 Å². The third-order valence-corrected chi connectivity index (χ3v) is 5.94. The van der Waals surface area contributed by atoms with Gasteiger partial charge in [0.15, 0.2) is 0 Å². The molecule has 1 heterocycles. The van der Waals surface area contributed by atoms with E-state index >= 15 is 0 Å². The number of carbonyl (C=O) groups excluding carboxylic acids is 1. The summed E-state index contributed by atoms with van der Waals surface area (Å²) in [5, 5.41) is 0. The van der Waals surface area contributed by atoms with Crippen molar-refractivity contribution < 1.29 is 26.7 Å². The molecule has 0 aliphatic rings. The molecule has 5 nitrogen and oxygen atoms in total. The second kappa shape index (κ2) is 6.91. The molecule has 0 amide bonds. The zero-order valence-corrected chi connectivity index (χ0v) is 13.9. The smallest absolute Gasteiger partial charge is 0.328 e. The summed E-state index contributed by atoms with van der Waals surface area (Å²) < 4.78 is 58.2. The highest BCUT2D eigenvalue weighted by Crippen LogP contribution is 2.28. The number of sulfonamides is 1. The van der Waals surface area contributed by atoms with E-state index in [1.165, 1.54) is 12.1 Å². The van der Waals surface area contributed by atoms with Gasteiger partial charge in [-0.3, -0.25) is 0 Å². The Bertz CT molecular complexity index is 838. The molecule has 0 saturated heterocycles. The average molecular weight is 382 g/mol. The molecular weight excluding hydrogens is 372 g/mol. The summed E-state index contributed by atoms with van der Waals surface area (Å²) in [6.07, 6.45) is 0. The van der Waals surface area contributed by atoms with Gasteiger partial charge in [-0.05, 0) is 30.3 Å². The van der Waals surface area contributed by atoms with Crippen molar-refractivity contribution in [3.05, 3.63) is 51.9 Å². The number of halogens is 3. The van der Waals surface area contributed by atoms with Crippen LogP contribution in [0.3, 0.4) is 0 Å². The third kappa shape index (κ3) is 4.05. The normalized spacial score (nSPS) is 12.9. The molecule has 124 valence electrons. The molecule has 0 saturated carbocycles. The Morgan fingerprint density at radius 3 is 2.57 bits per heavy atom. The van der Waals surface area contributed by atoms with Crippen molar-refractivity contribution >= 4 is 38.9 Å². The highest BCUT2D eigenvalue weighted by molar-refractivity contribution is 7.91.